The summed E-state index contributed by atoms with van der Waals surface area (Å²) in [5.41, 5.74) is 4.49. The normalized spacial score (nSPS) is 11.0. The molecule has 0 saturated carbocycles. The third-order valence-corrected chi connectivity index (χ3v) is 7.83. The minimum absolute atomic E-state index is 0.0633. The minimum Gasteiger partial charge on any atom is -0.347 e. The average molecular weight is 477 g/mol. The molecule has 160 valence electrons. The van der Waals surface area contributed by atoms with Crippen LogP contribution in [0.25, 0.3) is 22.0 Å². The first-order valence-corrected chi connectivity index (χ1v) is 12.7. The smallest absolute Gasteiger partial charge is 0.253 e. The first kappa shape index (κ1) is 20.8. The van der Waals surface area contributed by atoms with Gasteiger partial charge in [0, 0.05) is 38.8 Å². The zero-order valence-electron chi connectivity index (χ0n) is 17.3. The van der Waals surface area contributed by atoms with Crippen molar-refractivity contribution in [2.45, 2.75) is 20.0 Å². The van der Waals surface area contributed by atoms with Gasteiger partial charge in [-0.1, -0.05) is 12.1 Å². The number of carbonyl (C=O) groups is 1. The first-order valence-electron chi connectivity index (χ1n) is 10.1. The number of nitrogens with one attached hydrogen (secondary N) is 1. The van der Waals surface area contributed by atoms with E-state index >= 15 is 0 Å². The third kappa shape index (κ3) is 4.29. The van der Waals surface area contributed by atoms with Crippen LogP contribution in [-0.2, 0) is 13.1 Å². The predicted octanol–water partition coefficient (Wildman–Crippen LogP) is 6.08. The van der Waals surface area contributed by atoms with Gasteiger partial charge in [-0.15, -0.1) is 34.0 Å². The molecule has 0 bridgehead atoms. The molecule has 0 aliphatic carbocycles. The molecule has 0 atom stereocenters. The molecule has 5 nitrogen and oxygen atoms in total. The molecule has 5 heterocycles. The molecular weight excluding hydrogens is 456 g/mol. The van der Waals surface area contributed by atoms with Crippen LogP contribution < -0.4 is 5.32 Å². The van der Waals surface area contributed by atoms with Crippen molar-refractivity contribution in [3.8, 4) is 22.0 Å². The molecule has 0 aromatic carbocycles. The molecule has 1 amide bonds. The van der Waals surface area contributed by atoms with E-state index in [9.17, 15) is 4.79 Å². The summed E-state index contributed by atoms with van der Waals surface area (Å²) in [5.74, 6) is -0.0633. The summed E-state index contributed by atoms with van der Waals surface area (Å²) in [5, 5.41) is 10.2. The number of thiazole rings is 1. The Morgan fingerprint density at radius 2 is 1.78 bits per heavy atom. The van der Waals surface area contributed by atoms with Crippen LogP contribution >= 0.6 is 34.0 Å². The molecular formula is C24H20N4OS3. The van der Waals surface area contributed by atoms with E-state index in [0.717, 1.165) is 32.5 Å². The third-order valence-electron chi connectivity index (χ3n) is 5.20. The Balaban J connectivity index is 1.50. The van der Waals surface area contributed by atoms with E-state index in [1.165, 1.54) is 4.88 Å². The highest BCUT2D eigenvalue weighted by atomic mass is 32.1. The second-order valence-electron chi connectivity index (χ2n) is 7.23. The van der Waals surface area contributed by atoms with Gasteiger partial charge in [-0.05, 0) is 48.0 Å². The van der Waals surface area contributed by atoms with E-state index in [2.05, 4.69) is 37.8 Å². The monoisotopic (exact) mass is 476 g/mol. The fourth-order valence-electron chi connectivity index (χ4n) is 3.54. The number of amides is 1. The molecule has 1 N–H and O–H groups in total. The van der Waals surface area contributed by atoms with Crippen molar-refractivity contribution >= 4 is 39.9 Å². The lowest BCUT2D eigenvalue weighted by Crippen LogP contribution is -2.22. The molecule has 0 radical (unpaired) electrons. The van der Waals surface area contributed by atoms with E-state index in [4.69, 9.17) is 4.98 Å². The predicted molar refractivity (Wildman–Crippen MR) is 132 cm³/mol. The maximum absolute atomic E-state index is 13.0. The van der Waals surface area contributed by atoms with E-state index in [1.54, 1.807) is 46.4 Å². The molecule has 32 heavy (non-hydrogen) atoms. The molecule has 0 aliphatic rings. The van der Waals surface area contributed by atoms with Crippen molar-refractivity contribution in [3.05, 3.63) is 92.0 Å². The van der Waals surface area contributed by atoms with Crippen LogP contribution in [0.15, 0.2) is 71.0 Å². The number of hydrogen-bond donors (Lipinski definition) is 1. The summed E-state index contributed by atoms with van der Waals surface area (Å²) in [7, 11) is 0. The van der Waals surface area contributed by atoms with E-state index in [1.807, 2.05) is 42.6 Å². The van der Waals surface area contributed by atoms with Crippen LogP contribution in [-0.4, -0.2) is 20.4 Å². The van der Waals surface area contributed by atoms with E-state index in [-0.39, 0.29) is 5.91 Å². The summed E-state index contributed by atoms with van der Waals surface area (Å²) < 4.78 is 2.19. The summed E-state index contributed by atoms with van der Waals surface area (Å²) in [6, 6.07) is 14.1. The second-order valence-corrected chi connectivity index (χ2v) is 10.2. The van der Waals surface area contributed by atoms with Crippen molar-refractivity contribution < 1.29 is 4.79 Å². The van der Waals surface area contributed by atoms with Crippen molar-refractivity contribution in [1.82, 2.24) is 19.9 Å². The number of aromatic nitrogens is 3. The lowest BCUT2D eigenvalue weighted by molar-refractivity contribution is 0.0950. The van der Waals surface area contributed by atoms with Crippen molar-refractivity contribution in [2.24, 2.45) is 0 Å². The number of hydrogen-bond acceptors (Lipinski definition) is 6. The molecule has 0 fully saturated rings. The minimum atomic E-state index is -0.0633. The molecule has 0 spiro atoms. The zero-order chi connectivity index (χ0) is 21.9. The van der Waals surface area contributed by atoms with Gasteiger partial charge >= 0.3 is 0 Å². The number of carbonyl (C=O) groups excluding carboxylic acids is 1. The number of rotatable bonds is 7. The molecule has 5 rings (SSSR count). The van der Waals surface area contributed by atoms with Crippen LogP contribution in [0.2, 0.25) is 0 Å². The summed E-state index contributed by atoms with van der Waals surface area (Å²) in [4.78, 5) is 24.4. The van der Waals surface area contributed by atoms with Crippen LogP contribution in [0.4, 0.5) is 0 Å². The van der Waals surface area contributed by atoms with Gasteiger partial charge in [-0.2, -0.15) is 0 Å². The Bertz CT molecular complexity index is 1320. The fourth-order valence-corrected chi connectivity index (χ4v) is 5.70. The average Bonchev–Trinajstić information content (AvgIpc) is 3.62. The molecule has 0 aliphatic heterocycles. The first-order chi connectivity index (χ1) is 15.7. The zero-order valence-corrected chi connectivity index (χ0v) is 19.8. The highest BCUT2D eigenvalue weighted by molar-refractivity contribution is 7.13. The SMILES string of the molecule is Cc1c(C(=O)NCc2cccs2)cc(-c2csc(-c3ccncc3)n2)n1Cc1cccs1. The van der Waals surface area contributed by atoms with Gasteiger partial charge in [-0.25, -0.2) is 4.98 Å². The van der Waals surface area contributed by atoms with Gasteiger partial charge in [0.1, 0.15) is 5.01 Å². The second kappa shape index (κ2) is 9.20. The quantitative estimate of drug-likeness (QED) is 0.309. The number of thiophene rings is 2. The lowest BCUT2D eigenvalue weighted by atomic mass is 10.2. The van der Waals surface area contributed by atoms with Crippen LogP contribution in [0.3, 0.4) is 0 Å². The van der Waals surface area contributed by atoms with Crippen molar-refractivity contribution in [3.63, 3.8) is 0 Å². The molecule has 8 heteroatoms. The Hall–Kier alpha value is -3.07. The lowest BCUT2D eigenvalue weighted by Gasteiger charge is -2.10. The Kier molecular flexibility index (Phi) is 5.98. The van der Waals surface area contributed by atoms with Gasteiger partial charge in [-0.3, -0.25) is 9.78 Å². The largest absolute Gasteiger partial charge is 0.347 e. The van der Waals surface area contributed by atoms with Gasteiger partial charge in [0.25, 0.3) is 5.91 Å². The standard InChI is InChI=1S/C24H20N4OS3/c1-16-20(23(29)26-13-18-4-2-10-30-18)12-22(28(16)14-19-5-3-11-31-19)21-15-32-24(27-21)17-6-8-25-9-7-17/h2-12,15H,13-14H2,1H3,(H,26,29). The van der Waals surface area contributed by atoms with E-state index < -0.39 is 0 Å². The maximum atomic E-state index is 13.0. The van der Waals surface area contributed by atoms with Gasteiger partial charge in [0.15, 0.2) is 0 Å². The maximum Gasteiger partial charge on any atom is 0.253 e. The van der Waals surface area contributed by atoms with Gasteiger partial charge in [0.2, 0.25) is 0 Å². The van der Waals surface area contributed by atoms with Crippen LogP contribution in [0, 0.1) is 6.92 Å². The topological polar surface area (TPSA) is 59.8 Å². The fraction of sp³-hybridized carbons (Fsp3) is 0.125. The van der Waals surface area contributed by atoms with Crippen molar-refractivity contribution in [2.75, 3.05) is 0 Å². The van der Waals surface area contributed by atoms with Crippen LogP contribution in [0.1, 0.15) is 25.8 Å². The summed E-state index contributed by atoms with van der Waals surface area (Å²) in [6.45, 7) is 3.25. The van der Waals surface area contributed by atoms with E-state index in [0.29, 0.717) is 18.7 Å². The Labute approximate surface area is 198 Å². The van der Waals surface area contributed by atoms with Gasteiger partial charge in [0.05, 0.1) is 30.0 Å². The molecule has 5 aromatic rings. The summed E-state index contributed by atoms with van der Waals surface area (Å²) >= 11 is 4.95. The Morgan fingerprint density at radius 1 is 1.03 bits per heavy atom. The van der Waals surface area contributed by atoms with Gasteiger partial charge < -0.3 is 9.88 Å². The highest BCUT2D eigenvalue weighted by Gasteiger charge is 2.21. The number of nitrogens with zero attached hydrogens (tertiary/aromatic N) is 3. The molecule has 0 unspecified atom stereocenters. The number of pyridine rings is 1. The van der Waals surface area contributed by atoms with Crippen LogP contribution in [0.5, 0.6) is 0 Å². The molecule has 5 aromatic heterocycles. The highest BCUT2D eigenvalue weighted by Crippen LogP contribution is 2.32. The van der Waals surface area contributed by atoms with Crippen molar-refractivity contribution in [1.29, 1.82) is 0 Å². The Morgan fingerprint density at radius 3 is 2.50 bits per heavy atom. The molecule has 0 saturated heterocycles. The summed E-state index contributed by atoms with van der Waals surface area (Å²) in [6.07, 6.45) is 3.55.